The number of ether oxygens (including phenoxy) is 3. The fourth-order valence-corrected chi connectivity index (χ4v) is 3.93. The van der Waals surface area contributed by atoms with E-state index in [0.29, 0.717) is 19.8 Å². The predicted molar refractivity (Wildman–Crippen MR) is 146 cm³/mol. The molecule has 0 unspecified atom stereocenters. The van der Waals surface area contributed by atoms with Crippen LogP contribution in [0.25, 0.3) is 0 Å². The monoisotopic (exact) mass is 486 g/mol. The molecule has 0 N–H and O–H groups in total. The molecular formula is C27H33B3O6. The molecule has 1 aliphatic heterocycles. The molecule has 0 radical (unpaired) electrons. The summed E-state index contributed by atoms with van der Waals surface area (Å²) in [4.78, 5) is 0. The Bertz CT molecular complexity index is 956. The molecule has 1 aliphatic rings. The van der Waals surface area contributed by atoms with Crippen molar-refractivity contribution >= 4 is 37.7 Å². The van der Waals surface area contributed by atoms with Crippen LogP contribution in [-0.2, 0) is 13.7 Å². The summed E-state index contributed by atoms with van der Waals surface area (Å²) < 4.78 is 37.4. The molecule has 0 bridgehead atoms. The number of para-hydroxylation sites is 3. The Balaban J connectivity index is 1.72. The van der Waals surface area contributed by atoms with Gasteiger partial charge in [-0.15, -0.1) is 0 Å². The minimum absolute atomic E-state index is 0.606. The molecule has 0 saturated carbocycles. The van der Waals surface area contributed by atoms with Crippen LogP contribution in [0.1, 0.15) is 40.0 Å². The van der Waals surface area contributed by atoms with Crippen LogP contribution in [0.3, 0.4) is 0 Å². The van der Waals surface area contributed by atoms with Crippen molar-refractivity contribution in [3.05, 3.63) is 72.8 Å². The third-order valence-electron chi connectivity index (χ3n) is 5.65. The van der Waals surface area contributed by atoms with Crippen molar-refractivity contribution in [2.45, 2.75) is 40.0 Å². The van der Waals surface area contributed by atoms with Crippen molar-refractivity contribution in [1.82, 2.24) is 0 Å². The number of hydrogen-bond donors (Lipinski definition) is 0. The van der Waals surface area contributed by atoms with E-state index in [1.807, 2.05) is 72.8 Å². The molecule has 0 aromatic heterocycles. The van der Waals surface area contributed by atoms with E-state index in [0.717, 1.165) is 52.9 Å². The normalized spacial score (nSPS) is 13.6. The van der Waals surface area contributed by atoms with Crippen molar-refractivity contribution in [3.63, 3.8) is 0 Å². The minimum Gasteiger partial charge on any atom is -0.494 e. The zero-order valence-electron chi connectivity index (χ0n) is 21.4. The average molecular weight is 486 g/mol. The van der Waals surface area contributed by atoms with Gasteiger partial charge in [-0.3, -0.25) is 0 Å². The molecule has 0 atom stereocenters. The number of rotatable bonds is 12. The van der Waals surface area contributed by atoms with E-state index in [1.54, 1.807) is 0 Å². The van der Waals surface area contributed by atoms with Crippen LogP contribution in [-0.4, -0.2) is 41.2 Å². The van der Waals surface area contributed by atoms with E-state index in [4.69, 9.17) is 27.9 Å². The van der Waals surface area contributed by atoms with Gasteiger partial charge in [0.25, 0.3) is 0 Å². The van der Waals surface area contributed by atoms with E-state index in [1.165, 1.54) is 0 Å². The molecule has 1 heterocycles. The summed E-state index contributed by atoms with van der Waals surface area (Å²) in [5.41, 5.74) is 2.43. The van der Waals surface area contributed by atoms with Gasteiger partial charge < -0.3 is 27.9 Å². The summed E-state index contributed by atoms with van der Waals surface area (Å²) in [6.45, 7) is 8.06. The first kappa shape index (κ1) is 26.2. The Morgan fingerprint density at radius 2 is 0.750 bits per heavy atom. The fourth-order valence-electron chi connectivity index (χ4n) is 3.93. The molecule has 3 aromatic rings. The maximum atomic E-state index is 6.43. The lowest BCUT2D eigenvalue weighted by Gasteiger charge is -2.33. The Kier molecular flexibility index (Phi) is 9.79. The Morgan fingerprint density at radius 1 is 0.472 bits per heavy atom. The van der Waals surface area contributed by atoms with Crippen LogP contribution in [0.15, 0.2) is 72.8 Å². The minimum atomic E-state index is -0.722. The van der Waals surface area contributed by atoms with E-state index in [-0.39, 0.29) is 0 Å². The molecular weight excluding hydrogens is 453 g/mol. The molecule has 0 aliphatic carbocycles. The highest BCUT2D eigenvalue weighted by atomic mass is 16.7. The predicted octanol–water partition coefficient (Wildman–Crippen LogP) is 3.60. The van der Waals surface area contributed by atoms with Gasteiger partial charge in [0, 0.05) is 16.4 Å². The van der Waals surface area contributed by atoms with Gasteiger partial charge >= 0.3 is 21.4 Å². The molecule has 1 saturated heterocycles. The average Bonchev–Trinajstić information content (AvgIpc) is 2.94. The van der Waals surface area contributed by atoms with Gasteiger partial charge in [0.15, 0.2) is 0 Å². The lowest BCUT2D eigenvalue weighted by molar-refractivity contribution is 0.293. The second-order valence-corrected chi connectivity index (χ2v) is 8.56. The van der Waals surface area contributed by atoms with Crippen molar-refractivity contribution in [3.8, 4) is 17.2 Å². The highest BCUT2D eigenvalue weighted by Crippen LogP contribution is 2.20. The zero-order chi connectivity index (χ0) is 25.2. The second kappa shape index (κ2) is 13.4. The highest BCUT2D eigenvalue weighted by molar-refractivity contribution is 6.87. The van der Waals surface area contributed by atoms with Gasteiger partial charge in [0.2, 0.25) is 0 Å². The van der Waals surface area contributed by atoms with Gasteiger partial charge in [0.05, 0.1) is 19.8 Å². The molecule has 4 rings (SSSR count). The summed E-state index contributed by atoms with van der Waals surface area (Å²) in [5.74, 6) is 2.19. The smallest absolute Gasteiger partial charge is 0.470 e. The third-order valence-corrected chi connectivity index (χ3v) is 5.65. The lowest BCUT2D eigenvalue weighted by atomic mass is 9.61. The van der Waals surface area contributed by atoms with E-state index in [2.05, 4.69) is 20.8 Å². The molecule has 36 heavy (non-hydrogen) atoms. The summed E-state index contributed by atoms with van der Waals surface area (Å²) in [6.07, 6.45) is 2.71. The van der Waals surface area contributed by atoms with Crippen LogP contribution in [0.5, 0.6) is 17.2 Å². The fraction of sp³-hybridized carbons (Fsp3) is 0.333. The van der Waals surface area contributed by atoms with Gasteiger partial charge in [-0.1, -0.05) is 75.4 Å². The van der Waals surface area contributed by atoms with Crippen LogP contribution in [0.2, 0.25) is 0 Å². The van der Waals surface area contributed by atoms with Crippen LogP contribution >= 0.6 is 0 Å². The standard InChI is InChI=1S/C27H33B3O6/c1-4-19-31-25-16-10-7-13-22(25)28-34-29(23-14-8-11-17-26(23)32-20-5-2)36-30(35-28)24-15-9-12-18-27(24)33-21-6-3/h7-18H,4-6,19-21H2,1-3H3. The maximum Gasteiger partial charge on any atom is 0.470 e. The highest BCUT2D eigenvalue weighted by Gasteiger charge is 2.46. The first-order valence-corrected chi connectivity index (χ1v) is 12.9. The van der Waals surface area contributed by atoms with E-state index >= 15 is 0 Å². The van der Waals surface area contributed by atoms with Crippen molar-refractivity contribution in [2.24, 2.45) is 0 Å². The molecule has 6 nitrogen and oxygen atoms in total. The quantitative estimate of drug-likeness (QED) is 0.365. The van der Waals surface area contributed by atoms with Gasteiger partial charge in [-0.25, -0.2) is 0 Å². The summed E-state index contributed by atoms with van der Waals surface area (Å²) in [7, 11) is -2.17. The SMILES string of the molecule is CCCOc1ccccc1B1OB(c2ccccc2OCCC)OB(c2ccccc2OCCC)O1. The second-order valence-electron chi connectivity index (χ2n) is 8.56. The van der Waals surface area contributed by atoms with E-state index < -0.39 is 21.4 Å². The Labute approximate surface area is 215 Å². The van der Waals surface area contributed by atoms with Crippen molar-refractivity contribution < 1.29 is 27.9 Å². The van der Waals surface area contributed by atoms with Gasteiger partial charge in [-0.2, -0.15) is 0 Å². The zero-order valence-corrected chi connectivity index (χ0v) is 21.4. The molecule has 0 spiro atoms. The lowest BCUT2D eigenvalue weighted by Crippen LogP contribution is -2.61. The van der Waals surface area contributed by atoms with Crippen molar-refractivity contribution in [2.75, 3.05) is 19.8 Å². The van der Waals surface area contributed by atoms with Crippen molar-refractivity contribution in [1.29, 1.82) is 0 Å². The first-order chi connectivity index (χ1) is 17.7. The van der Waals surface area contributed by atoms with Gasteiger partial charge in [-0.05, 0) is 37.5 Å². The van der Waals surface area contributed by atoms with Crippen LogP contribution < -0.4 is 30.6 Å². The molecule has 0 amide bonds. The van der Waals surface area contributed by atoms with Crippen LogP contribution in [0, 0.1) is 0 Å². The summed E-state index contributed by atoms with van der Waals surface area (Å²) in [5, 5.41) is 0. The Hall–Kier alpha value is -2.87. The maximum absolute atomic E-state index is 6.43. The largest absolute Gasteiger partial charge is 0.494 e. The first-order valence-electron chi connectivity index (χ1n) is 12.9. The summed E-state index contributed by atoms with van der Waals surface area (Å²) >= 11 is 0. The molecule has 3 aromatic carbocycles. The van der Waals surface area contributed by atoms with Crippen LogP contribution in [0.4, 0.5) is 0 Å². The molecule has 9 heteroatoms. The topological polar surface area (TPSA) is 55.4 Å². The molecule has 186 valence electrons. The Morgan fingerprint density at radius 3 is 1.03 bits per heavy atom. The molecule has 1 fully saturated rings. The van der Waals surface area contributed by atoms with Gasteiger partial charge in [0.1, 0.15) is 17.2 Å². The van der Waals surface area contributed by atoms with E-state index in [9.17, 15) is 0 Å². The summed E-state index contributed by atoms with van der Waals surface area (Å²) in [6, 6.07) is 23.4. The number of benzene rings is 3. The number of hydrogen-bond acceptors (Lipinski definition) is 6. The third kappa shape index (κ3) is 6.46.